The lowest BCUT2D eigenvalue weighted by Gasteiger charge is -2.05. The highest BCUT2D eigenvalue weighted by Crippen LogP contribution is 2.22. The first kappa shape index (κ1) is 18.5. The molecule has 0 aliphatic rings. The number of aryl methyl sites for hydroxylation is 1. The minimum Gasteiger partial charge on any atom is -0.486 e. The van der Waals surface area contributed by atoms with Gasteiger partial charge in [-0.25, -0.2) is 4.98 Å². The standard InChI is InChI=1S/C18H15ClN6O2S/c1-11-8-12(6-7-14(11)19)27-9-16-20-18(23-22-16)28-10-25-17(26)13-4-2-3-5-15(13)21-24-25/h2-8H,9-10H2,1H3,(H,20,22,23). The number of rotatable bonds is 6. The topological polar surface area (TPSA) is 98.6 Å². The first-order chi connectivity index (χ1) is 13.6. The molecule has 2 aromatic carbocycles. The summed E-state index contributed by atoms with van der Waals surface area (Å²) in [5, 5.41) is 16.7. The average molecular weight is 415 g/mol. The van der Waals surface area contributed by atoms with E-state index >= 15 is 0 Å². The molecule has 2 aromatic heterocycles. The molecule has 0 spiro atoms. The molecule has 0 aliphatic carbocycles. The quantitative estimate of drug-likeness (QED) is 0.483. The van der Waals surface area contributed by atoms with Crippen molar-refractivity contribution < 1.29 is 4.74 Å². The smallest absolute Gasteiger partial charge is 0.278 e. The van der Waals surface area contributed by atoms with Gasteiger partial charge in [0.15, 0.2) is 5.82 Å². The maximum Gasteiger partial charge on any atom is 0.278 e. The van der Waals surface area contributed by atoms with Crippen LogP contribution in [0.5, 0.6) is 5.75 Å². The third-order valence-corrected chi connectivity index (χ3v) is 5.20. The Morgan fingerprint density at radius 1 is 1.25 bits per heavy atom. The van der Waals surface area contributed by atoms with Crippen molar-refractivity contribution in [3.8, 4) is 5.75 Å². The Morgan fingerprint density at radius 3 is 2.96 bits per heavy atom. The van der Waals surface area contributed by atoms with Crippen LogP contribution in [-0.4, -0.2) is 30.2 Å². The zero-order valence-corrected chi connectivity index (χ0v) is 16.4. The fourth-order valence-electron chi connectivity index (χ4n) is 2.49. The van der Waals surface area contributed by atoms with Crippen molar-refractivity contribution in [1.29, 1.82) is 0 Å². The Labute approximate surface area is 168 Å². The van der Waals surface area contributed by atoms with Gasteiger partial charge in [0.1, 0.15) is 17.9 Å². The Balaban J connectivity index is 1.39. The van der Waals surface area contributed by atoms with E-state index in [1.807, 2.05) is 19.1 Å². The third-order valence-electron chi connectivity index (χ3n) is 3.96. The minimum absolute atomic E-state index is 0.199. The lowest BCUT2D eigenvalue weighted by Crippen LogP contribution is -2.23. The summed E-state index contributed by atoms with van der Waals surface area (Å²) in [6, 6.07) is 12.5. The summed E-state index contributed by atoms with van der Waals surface area (Å²) in [5.74, 6) is 1.53. The first-order valence-corrected chi connectivity index (χ1v) is 9.72. The summed E-state index contributed by atoms with van der Waals surface area (Å²) in [7, 11) is 0. The lowest BCUT2D eigenvalue weighted by atomic mass is 10.2. The fourth-order valence-corrected chi connectivity index (χ4v) is 3.30. The van der Waals surface area contributed by atoms with Gasteiger partial charge in [-0.2, -0.15) is 4.68 Å². The van der Waals surface area contributed by atoms with E-state index in [0.717, 1.165) is 5.56 Å². The number of fused-ring (bicyclic) bond motifs is 1. The fraction of sp³-hybridized carbons (Fsp3) is 0.167. The van der Waals surface area contributed by atoms with Gasteiger partial charge in [0.2, 0.25) is 5.16 Å². The molecule has 0 unspecified atom stereocenters. The van der Waals surface area contributed by atoms with Crippen molar-refractivity contribution in [3.63, 3.8) is 0 Å². The largest absolute Gasteiger partial charge is 0.486 e. The van der Waals surface area contributed by atoms with Crippen molar-refractivity contribution in [2.75, 3.05) is 0 Å². The highest BCUT2D eigenvalue weighted by molar-refractivity contribution is 7.98. The molecular weight excluding hydrogens is 400 g/mol. The van der Waals surface area contributed by atoms with E-state index < -0.39 is 0 Å². The second kappa shape index (κ2) is 7.99. The van der Waals surface area contributed by atoms with Crippen LogP contribution in [0.1, 0.15) is 11.4 Å². The van der Waals surface area contributed by atoms with E-state index in [9.17, 15) is 4.79 Å². The maximum absolute atomic E-state index is 12.4. The highest BCUT2D eigenvalue weighted by atomic mass is 35.5. The van der Waals surface area contributed by atoms with Crippen LogP contribution in [0.15, 0.2) is 52.4 Å². The predicted molar refractivity (Wildman–Crippen MR) is 107 cm³/mol. The van der Waals surface area contributed by atoms with E-state index in [1.54, 1.807) is 30.3 Å². The number of nitrogens with one attached hydrogen (secondary N) is 1. The molecule has 0 aliphatic heterocycles. The number of aromatic nitrogens is 6. The molecule has 4 aromatic rings. The van der Waals surface area contributed by atoms with E-state index in [-0.39, 0.29) is 18.0 Å². The molecule has 4 rings (SSSR count). The second-order valence-corrected chi connectivity index (χ2v) is 7.27. The summed E-state index contributed by atoms with van der Waals surface area (Å²) >= 11 is 7.29. The molecular formula is C18H15ClN6O2S. The summed E-state index contributed by atoms with van der Waals surface area (Å²) < 4.78 is 6.98. The Morgan fingerprint density at radius 2 is 2.11 bits per heavy atom. The van der Waals surface area contributed by atoms with E-state index in [2.05, 4.69) is 25.5 Å². The van der Waals surface area contributed by atoms with Crippen molar-refractivity contribution >= 4 is 34.3 Å². The highest BCUT2D eigenvalue weighted by Gasteiger charge is 2.09. The Kier molecular flexibility index (Phi) is 5.27. The molecule has 0 saturated heterocycles. The van der Waals surface area contributed by atoms with Gasteiger partial charge in [0.05, 0.1) is 11.3 Å². The average Bonchev–Trinajstić information content (AvgIpc) is 3.16. The number of hydrogen-bond donors (Lipinski definition) is 1. The zero-order valence-electron chi connectivity index (χ0n) is 14.8. The number of thioether (sulfide) groups is 1. The molecule has 28 heavy (non-hydrogen) atoms. The Hall–Kier alpha value is -2.91. The zero-order chi connectivity index (χ0) is 19.5. The monoisotopic (exact) mass is 414 g/mol. The van der Waals surface area contributed by atoms with Crippen molar-refractivity contribution in [1.82, 2.24) is 30.2 Å². The number of H-pyrrole nitrogens is 1. The Bertz CT molecular complexity index is 1190. The van der Waals surface area contributed by atoms with Gasteiger partial charge in [-0.3, -0.25) is 9.89 Å². The van der Waals surface area contributed by atoms with Gasteiger partial charge in [-0.1, -0.05) is 40.7 Å². The number of benzene rings is 2. The van der Waals surface area contributed by atoms with Gasteiger partial charge in [0.25, 0.3) is 5.56 Å². The van der Waals surface area contributed by atoms with Crippen LogP contribution < -0.4 is 10.3 Å². The van der Waals surface area contributed by atoms with E-state index in [4.69, 9.17) is 16.3 Å². The predicted octanol–water partition coefficient (Wildman–Crippen LogP) is 3.20. The molecule has 0 amide bonds. The molecule has 2 heterocycles. The number of nitrogens with zero attached hydrogens (tertiary/aromatic N) is 5. The van der Waals surface area contributed by atoms with Crippen LogP contribution in [0, 0.1) is 6.92 Å². The summed E-state index contributed by atoms with van der Waals surface area (Å²) in [6.07, 6.45) is 0. The molecule has 0 atom stereocenters. The van der Waals surface area contributed by atoms with Crippen LogP contribution >= 0.6 is 23.4 Å². The van der Waals surface area contributed by atoms with Crippen LogP contribution in [0.4, 0.5) is 0 Å². The van der Waals surface area contributed by atoms with Gasteiger partial charge < -0.3 is 4.74 Å². The molecule has 0 fully saturated rings. The van der Waals surface area contributed by atoms with E-state index in [1.165, 1.54) is 16.4 Å². The number of halogens is 1. The summed E-state index contributed by atoms with van der Waals surface area (Å²) in [6.45, 7) is 2.15. The molecule has 142 valence electrons. The summed E-state index contributed by atoms with van der Waals surface area (Å²) in [4.78, 5) is 16.8. The number of hydrogen-bond acceptors (Lipinski definition) is 7. The molecule has 0 bridgehead atoms. The van der Waals surface area contributed by atoms with Crippen LogP contribution in [0.2, 0.25) is 5.02 Å². The van der Waals surface area contributed by atoms with Crippen LogP contribution in [-0.2, 0) is 12.5 Å². The van der Waals surface area contributed by atoms with E-state index in [0.29, 0.717) is 32.7 Å². The van der Waals surface area contributed by atoms with Gasteiger partial charge in [0, 0.05) is 5.02 Å². The SMILES string of the molecule is Cc1cc(OCc2nc(SCn3nnc4ccccc4c3=O)n[nH]2)ccc1Cl. The van der Waals surface area contributed by atoms with Gasteiger partial charge >= 0.3 is 0 Å². The normalized spacial score (nSPS) is 11.1. The molecule has 0 radical (unpaired) electrons. The minimum atomic E-state index is -0.199. The molecule has 10 heteroatoms. The van der Waals surface area contributed by atoms with Gasteiger partial charge in [-0.15, -0.1) is 10.2 Å². The van der Waals surface area contributed by atoms with Crippen molar-refractivity contribution in [2.24, 2.45) is 0 Å². The van der Waals surface area contributed by atoms with Crippen LogP contribution in [0.25, 0.3) is 10.9 Å². The van der Waals surface area contributed by atoms with Crippen molar-refractivity contribution in [3.05, 3.63) is 69.2 Å². The van der Waals surface area contributed by atoms with Gasteiger partial charge in [-0.05, 0) is 42.8 Å². The molecule has 0 saturated carbocycles. The molecule has 1 N–H and O–H groups in total. The third kappa shape index (κ3) is 4.00. The van der Waals surface area contributed by atoms with Crippen LogP contribution in [0.3, 0.4) is 0 Å². The van der Waals surface area contributed by atoms with Crippen molar-refractivity contribution in [2.45, 2.75) is 24.6 Å². The summed E-state index contributed by atoms with van der Waals surface area (Å²) in [5.41, 5.74) is 1.31. The number of aromatic amines is 1. The number of ether oxygens (including phenoxy) is 1. The molecule has 8 nitrogen and oxygen atoms in total. The first-order valence-electron chi connectivity index (χ1n) is 8.36. The second-order valence-electron chi connectivity index (χ2n) is 5.95. The lowest BCUT2D eigenvalue weighted by molar-refractivity contribution is 0.296. The maximum atomic E-state index is 12.4.